The van der Waals surface area contributed by atoms with Crippen LogP contribution in [0.1, 0.15) is 0 Å². The highest BCUT2D eigenvalue weighted by atomic mass is 32.2. The number of pyridine rings is 1. The van der Waals surface area contributed by atoms with Crippen LogP contribution in [0.25, 0.3) is 0 Å². The summed E-state index contributed by atoms with van der Waals surface area (Å²) in [6.45, 7) is 0. The lowest BCUT2D eigenvalue weighted by atomic mass is 10.4. The minimum absolute atomic E-state index is 0.693. The molecular formula is C5H7N3S. The molecule has 0 amide bonds. The molecule has 0 aliphatic carbocycles. The van der Waals surface area contributed by atoms with Gasteiger partial charge in [-0.15, -0.1) is 0 Å². The summed E-state index contributed by atoms with van der Waals surface area (Å²) in [5.41, 5.74) is 6.12. The molecule has 3 nitrogen and oxygen atoms in total. The van der Waals surface area contributed by atoms with Crippen LogP contribution in [0, 0.1) is 0 Å². The highest BCUT2D eigenvalue weighted by molar-refractivity contribution is 7.97. The molecular weight excluding hydrogens is 134 g/mol. The number of nitrogen functional groups attached to an aromatic ring is 1. The van der Waals surface area contributed by atoms with Gasteiger partial charge in [-0.3, -0.25) is 5.14 Å². The van der Waals surface area contributed by atoms with Crippen LogP contribution in [-0.2, 0) is 0 Å². The van der Waals surface area contributed by atoms with Gasteiger partial charge in [-0.25, -0.2) is 4.98 Å². The van der Waals surface area contributed by atoms with Crippen LogP contribution in [0.15, 0.2) is 23.4 Å². The van der Waals surface area contributed by atoms with E-state index in [1.807, 2.05) is 0 Å². The molecule has 9 heavy (non-hydrogen) atoms. The first-order valence-electron chi connectivity index (χ1n) is 2.41. The van der Waals surface area contributed by atoms with Gasteiger partial charge in [-0.05, 0) is 24.1 Å². The SMILES string of the molecule is NSc1cc(N)ccn1. The molecule has 0 radical (unpaired) electrons. The number of anilines is 1. The molecule has 0 aromatic carbocycles. The van der Waals surface area contributed by atoms with E-state index in [2.05, 4.69) is 4.98 Å². The maximum absolute atomic E-state index is 5.43. The van der Waals surface area contributed by atoms with Gasteiger partial charge in [0.15, 0.2) is 0 Å². The maximum atomic E-state index is 5.43. The molecule has 0 saturated heterocycles. The first-order valence-corrected chi connectivity index (χ1v) is 3.29. The third kappa shape index (κ3) is 1.58. The van der Waals surface area contributed by atoms with Gasteiger partial charge < -0.3 is 5.73 Å². The number of nitrogens with zero attached hydrogens (tertiary/aromatic N) is 1. The van der Waals surface area contributed by atoms with Crippen molar-refractivity contribution >= 4 is 17.6 Å². The highest BCUT2D eigenvalue weighted by Gasteiger charge is 1.89. The number of nitrogens with two attached hydrogens (primary N) is 2. The van der Waals surface area contributed by atoms with Crippen molar-refractivity contribution in [3.8, 4) is 0 Å². The molecule has 0 aliphatic rings. The van der Waals surface area contributed by atoms with Crippen molar-refractivity contribution in [2.24, 2.45) is 5.14 Å². The molecule has 0 aliphatic heterocycles. The Kier molecular flexibility index (Phi) is 1.92. The summed E-state index contributed by atoms with van der Waals surface area (Å²) >= 11 is 1.09. The average molecular weight is 141 g/mol. The summed E-state index contributed by atoms with van der Waals surface area (Å²) in [6, 6.07) is 3.45. The summed E-state index contributed by atoms with van der Waals surface area (Å²) in [6.07, 6.45) is 1.63. The van der Waals surface area contributed by atoms with Crippen LogP contribution in [-0.4, -0.2) is 4.98 Å². The molecule has 0 unspecified atom stereocenters. The van der Waals surface area contributed by atoms with E-state index in [4.69, 9.17) is 10.9 Å². The number of hydrogen-bond acceptors (Lipinski definition) is 4. The van der Waals surface area contributed by atoms with E-state index in [0.717, 1.165) is 17.0 Å². The molecule has 0 saturated carbocycles. The van der Waals surface area contributed by atoms with Gasteiger partial charge in [0.1, 0.15) is 5.03 Å². The second-order valence-corrected chi connectivity index (χ2v) is 2.20. The summed E-state index contributed by atoms with van der Waals surface area (Å²) in [4.78, 5) is 3.92. The van der Waals surface area contributed by atoms with Crippen LogP contribution < -0.4 is 10.9 Å². The molecule has 0 bridgehead atoms. The third-order valence-corrected chi connectivity index (χ3v) is 1.34. The molecule has 48 valence electrons. The molecule has 4 heteroatoms. The molecule has 1 aromatic rings. The lowest BCUT2D eigenvalue weighted by molar-refractivity contribution is 1.14. The standard InChI is InChI=1S/C5H7N3S/c6-4-1-2-8-5(3-4)9-7/h1-3H,7H2,(H2,6,8). The van der Waals surface area contributed by atoms with Crippen molar-refractivity contribution in [3.05, 3.63) is 18.3 Å². The fraction of sp³-hybridized carbons (Fsp3) is 0. The highest BCUT2D eigenvalue weighted by Crippen LogP contribution is 2.10. The largest absolute Gasteiger partial charge is 0.399 e. The van der Waals surface area contributed by atoms with Crippen molar-refractivity contribution in [1.82, 2.24) is 4.98 Å². The Labute approximate surface area is 57.6 Å². The van der Waals surface area contributed by atoms with Crippen LogP contribution in [0.5, 0.6) is 0 Å². The van der Waals surface area contributed by atoms with E-state index in [1.165, 1.54) is 0 Å². The molecule has 0 atom stereocenters. The number of hydrogen-bond donors (Lipinski definition) is 2. The monoisotopic (exact) mass is 141 g/mol. The quantitative estimate of drug-likeness (QED) is 0.563. The summed E-state index contributed by atoms with van der Waals surface area (Å²) < 4.78 is 0. The van der Waals surface area contributed by atoms with Gasteiger partial charge in [0, 0.05) is 11.9 Å². The molecule has 1 aromatic heterocycles. The fourth-order valence-electron chi connectivity index (χ4n) is 0.489. The molecule has 0 spiro atoms. The Morgan fingerprint density at radius 2 is 2.33 bits per heavy atom. The minimum atomic E-state index is 0.693. The zero-order valence-electron chi connectivity index (χ0n) is 4.74. The van der Waals surface area contributed by atoms with Gasteiger partial charge >= 0.3 is 0 Å². The van der Waals surface area contributed by atoms with Crippen molar-refractivity contribution in [3.63, 3.8) is 0 Å². The smallest absolute Gasteiger partial charge is 0.113 e. The van der Waals surface area contributed by atoms with Crippen molar-refractivity contribution < 1.29 is 0 Å². The Balaban J connectivity index is 2.94. The molecule has 1 rings (SSSR count). The van der Waals surface area contributed by atoms with E-state index in [9.17, 15) is 0 Å². The van der Waals surface area contributed by atoms with Crippen molar-refractivity contribution in [2.45, 2.75) is 5.03 Å². The third-order valence-electron chi connectivity index (χ3n) is 0.880. The van der Waals surface area contributed by atoms with Crippen molar-refractivity contribution in [2.75, 3.05) is 5.73 Å². The predicted octanol–water partition coefficient (Wildman–Crippen LogP) is 0.630. The Morgan fingerprint density at radius 1 is 1.56 bits per heavy atom. The van der Waals surface area contributed by atoms with Crippen LogP contribution in [0.4, 0.5) is 5.69 Å². The molecule has 0 fully saturated rings. The lowest BCUT2D eigenvalue weighted by Crippen LogP contribution is -1.88. The summed E-state index contributed by atoms with van der Waals surface area (Å²) in [7, 11) is 0. The van der Waals surface area contributed by atoms with Gasteiger partial charge in [-0.1, -0.05) is 0 Å². The average Bonchev–Trinajstić information content (AvgIpc) is 1.88. The normalized spacial score (nSPS) is 9.44. The van der Waals surface area contributed by atoms with Crippen LogP contribution in [0.2, 0.25) is 0 Å². The zero-order valence-corrected chi connectivity index (χ0v) is 5.56. The van der Waals surface area contributed by atoms with Crippen LogP contribution >= 0.6 is 11.9 Å². The topological polar surface area (TPSA) is 64.9 Å². The zero-order chi connectivity index (χ0) is 6.69. The lowest BCUT2D eigenvalue weighted by Gasteiger charge is -1.93. The fourth-order valence-corrected chi connectivity index (χ4v) is 0.815. The van der Waals surface area contributed by atoms with Gasteiger partial charge in [0.2, 0.25) is 0 Å². The van der Waals surface area contributed by atoms with Crippen molar-refractivity contribution in [1.29, 1.82) is 0 Å². The first-order chi connectivity index (χ1) is 4.33. The maximum Gasteiger partial charge on any atom is 0.113 e. The number of aromatic nitrogens is 1. The second kappa shape index (κ2) is 2.70. The van der Waals surface area contributed by atoms with E-state index in [1.54, 1.807) is 18.3 Å². The van der Waals surface area contributed by atoms with Gasteiger partial charge in [-0.2, -0.15) is 0 Å². The second-order valence-electron chi connectivity index (χ2n) is 1.55. The molecule has 1 heterocycles. The van der Waals surface area contributed by atoms with E-state index < -0.39 is 0 Å². The predicted molar refractivity (Wildman–Crippen MR) is 38.7 cm³/mol. The van der Waals surface area contributed by atoms with E-state index >= 15 is 0 Å². The number of rotatable bonds is 1. The Bertz CT molecular complexity index is 201. The van der Waals surface area contributed by atoms with E-state index in [0.29, 0.717) is 5.69 Å². The summed E-state index contributed by atoms with van der Waals surface area (Å²) in [5.74, 6) is 0. The first kappa shape index (κ1) is 6.38. The minimum Gasteiger partial charge on any atom is -0.399 e. The molecule has 4 N–H and O–H groups in total. The Hall–Kier alpha value is -0.740. The Morgan fingerprint density at radius 3 is 2.78 bits per heavy atom. The van der Waals surface area contributed by atoms with Gasteiger partial charge in [0.25, 0.3) is 0 Å². The summed E-state index contributed by atoms with van der Waals surface area (Å²) in [5, 5.41) is 5.96. The van der Waals surface area contributed by atoms with Gasteiger partial charge in [0.05, 0.1) is 0 Å². The van der Waals surface area contributed by atoms with Crippen LogP contribution in [0.3, 0.4) is 0 Å². The van der Waals surface area contributed by atoms with E-state index in [-0.39, 0.29) is 0 Å².